The molecule has 66 valence electrons. The van der Waals surface area contributed by atoms with E-state index in [0.717, 1.165) is 0 Å². The number of aliphatic carboxylic acids is 1. The Bertz CT molecular complexity index is 145. The third kappa shape index (κ3) is 6.15. The van der Waals surface area contributed by atoms with Gasteiger partial charge in [0.05, 0.1) is 0 Å². The number of alkyl halides is 4. The summed E-state index contributed by atoms with van der Waals surface area (Å²) in [5, 5.41) is 8.16. The van der Waals surface area contributed by atoms with Crippen LogP contribution in [0.1, 0.15) is 12.8 Å². The fourth-order valence-electron chi connectivity index (χ4n) is 0.414. The second-order valence-corrected chi connectivity index (χ2v) is 3.06. The molecule has 0 heterocycles. The van der Waals surface area contributed by atoms with Crippen LogP contribution in [0, 0.1) is 0 Å². The standard InChI is InChI=1S/C5H6BrF3O2/c6-3(4(10)11)1-2-5(7,8)9/h3H,1-2H2,(H,10,11). The molecule has 0 radical (unpaired) electrons. The van der Waals surface area contributed by atoms with Gasteiger partial charge in [0, 0.05) is 6.42 Å². The number of carbonyl (C=O) groups is 1. The number of halogens is 4. The summed E-state index contributed by atoms with van der Waals surface area (Å²) in [4.78, 5) is 8.89. The van der Waals surface area contributed by atoms with Crippen molar-refractivity contribution in [3.8, 4) is 0 Å². The van der Waals surface area contributed by atoms with Gasteiger partial charge < -0.3 is 5.11 Å². The lowest BCUT2D eigenvalue weighted by Crippen LogP contribution is -2.17. The van der Waals surface area contributed by atoms with E-state index in [4.69, 9.17) is 5.11 Å². The zero-order chi connectivity index (χ0) is 9.07. The van der Waals surface area contributed by atoms with Crippen LogP contribution in [0.25, 0.3) is 0 Å². The molecule has 0 fully saturated rings. The molecule has 0 rings (SSSR count). The Labute approximate surface area is 69.5 Å². The summed E-state index contributed by atoms with van der Waals surface area (Å²) in [5.41, 5.74) is 0. The van der Waals surface area contributed by atoms with Gasteiger partial charge in [-0.15, -0.1) is 0 Å². The minimum absolute atomic E-state index is 0.432. The van der Waals surface area contributed by atoms with Crippen LogP contribution >= 0.6 is 15.9 Å². The molecule has 0 amide bonds. The Balaban J connectivity index is 3.63. The highest BCUT2D eigenvalue weighted by Gasteiger charge is 2.29. The average molecular weight is 235 g/mol. The lowest BCUT2D eigenvalue weighted by molar-refractivity contribution is -0.142. The first-order chi connectivity index (χ1) is 4.83. The molecule has 2 nitrogen and oxygen atoms in total. The van der Waals surface area contributed by atoms with Crippen LogP contribution in [0.2, 0.25) is 0 Å². The molecule has 1 N–H and O–H groups in total. The molecular weight excluding hydrogens is 229 g/mol. The molecule has 0 bridgehead atoms. The van der Waals surface area contributed by atoms with E-state index in [2.05, 4.69) is 15.9 Å². The minimum atomic E-state index is -4.28. The predicted molar refractivity (Wildman–Crippen MR) is 35.6 cm³/mol. The maximum Gasteiger partial charge on any atom is 0.389 e. The first kappa shape index (κ1) is 10.7. The Kier molecular flexibility index (Phi) is 3.85. The fraction of sp³-hybridized carbons (Fsp3) is 0.800. The number of hydrogen-bond acceptors (Lipinski definition) is 1. The van der Waals surface area contributed by atoms with Crippen LogP contribution in [-0.2, 0) is 4.79 Å². The molecule has 0 aromatic rings. The maximum absolute atomic E-state index is 11.5. The first-order valence-corrected chi connectivity index (χ1v) is 3.68. The van der Waals surface area contributed by atoms with Gasteiger partial charge in [0.1, 0.15) is 4.83 Å². The van der Waals surface area contributed by atoms with Crippen molar-refractivity contribution in [2.75, 3.05) is 0 Å². The molecule has 0 saturated heterocycles. The zero-order valence-corrected chi connectivity index (χ0v) is 6.94. The molecule has 0 aromatic heterocycles. The van der Waals surface area contributed by atoms with Gasteiger partial charge in [0.25, 0.3) is 0 Å². The van der Waals surface area contributed by atoms with Crippen molar-refractivity contribution in [3.63, 3.8) is 0 Å². The smallest absolute Gasteiger partial charge is 0.389 e. The molecule has 0 saturated carbocycles. The van der Waals surface area contributed by atoms with Crippen molar-refractivity contribution in [1.82, 2.24) is 0 Å². The van der Waals surface area contributed by atoms with E-state index in [1.54, 1.807) is 0 Å². The van der Waals surface area contributed by atoms with Crippen LogP contribution in [0.5, 0.6) is 0 Å². The fourth-order valence-corrected chi connectivity index (χ4v) is 0.643. The molecule has 0 aliphatic carbocycles. The van der Waals surface area contributed by atoms with Gasteiger partial charge in [0.15, 0.2) is 0 Å². The zero-order valence-electron chi connectivity index (χ0n) is 5.36. The summed E-state index contributed by atoms with van der Waals surface area (Å²) >= 11 is 2.60. The highest BCUT2D eigenvalue weighted by Crippen LogP contribution is 2.24. The van der Waals surface area contributed by atoms with Gasteiger partial charge >= 0.3 is 12.1 Å². The molecule has 6 heteroatoms. The normalized spacial score (nSPS) is 14.5. The Morgan fingerprint density at radius 1 is 1.55 bits per heavy atom. The van der Waals surface area contributed by atoms with E-state index in [-0.39, 0.29) is 0 Å². The highest BCUT2D eigenvalue weighted by molar-refractivity contribution is 9.10. The number of rotatable bonds is 3. The average Bonchev–Trinajstić information content (AvgIpc) is 1.80. The number of carboxylic acids is 1. The summed E-state index contributed by atoms with van der Waals surface area (Å²) in [5.74, 6) is -1.27. The Hall–Kier alpha value is -0.260. The Morgan fingerprint density at radius 3 is 2.27 bits per heavy atom. The topological polar surface area (TPSA) is 37.3 Å². The summed E-state index contributed by atoms with van der Waals surface area (Å²) in [6.07, 6.45) is -5.78. The van der Waals surface area contributed by atoms with E-state index in [1.807, 2.05) is 0 Å². The summed E-state index contributed by atoms with van der Waals surface area (Å²) in [6.45, 7) is 0. The van der Waals surface area contributed by atoms with Crippen LogP contribution < -0.4 is 0 Å². The number of hydrogen-bond donors (Lipinski definition) is 1. The minimum Gasteiger partial charge on any atom is -0.480 e. The van der Waals surface area contributed by atoms with Crippen molar-refractivity contribution in [2.24, 2.45) is 0 Å². The summed E-state index contributed by atoms with van der Waals surface area (Å²) in [6, 6.07) is 0. The molecule has 0 aliphatic heterocycles. The largest absolute Gasteiger partial charge is 0.480 e. The third-order valence-electron chi connectivity index (χ3n) is 0.949. The molecule has 0 aliphatic rings. The van der Waals surface area contributed by atoms with Crippen LogP contribution in [0.4, 0.5) is 13.2 Å². The third-order valence-corrected chi connectivity index (χ3v) is 1.80. The van der Waals surface area contributed by atoms with Crippen molar-refractivity contribution >= 4 is 21.9 Å². The first-order valence-electron chi connectivity index (χ1n) is 2.76. The molecular formula is C5H6BrF3O2. The van der Waals surface area contributed by atoms with E-state index in [1.165, 1.54) is 0 Å². The van der Waals surface area contributed by atoms with Gasteiger partial charge in [-0.05, 0) is 6.42 Å². The lowest BCUT2D eigenvalue weighted by Gasteiger charge is -2.06. The molecule has 11 heavy (non-hydrogen) atoms. The van der Waals surface area contributed by atoms with E-state index >= 15 is 0 Å². The van der Waals surface area contributed by atoms with Gasteiger partial charge in [0.2, 0.25) is 0 Å². The molecule has 1 unspecified atom stereocenters. The van der Waals surface area contributed by atoms with Crippen LogP contribution in [0.3, 0.4) is 0 Å². The van der Waals surface area contributed by atoms with Gasteiger partial charge in [-0.1, -0.05) is 15.9 Å². The van der Waals surface area contributed by atoms with Crippen molar-refractivity contribution in [2.45, 2.75) is 23.8 Å². The second kappa shape index (κ2) is 3.94. The maximum atomic E-state index is 11.5. The quantitative estimate of drug-likeness (QED) is 0.761. The summed E-state index contributed by atoms with van der Waals surface area (Å²) < 4.78 is 34.4. The van der Waals surface area contributed by atoms with Crippen molar-refractivity contribution in [3.05, 3.63) is 0 Å². The van der Waals surface area contributed by atoms with Gasteiger partial charge in [-0.3, -0.25) is 4.79 Å². The predicted octanol–water partition coefficient (Wildman–Crippen LogP) is 2.18. The number of carboxylic acid groups (broad SMARTS) is 1. The second-order valence-electron chi connectivity index (χ2n) is 1.96. The van der Waals surface area contributed by atoms with Gasteiger partial charge in [-0.25, -0.2) is 0 Å². The summed E-state index contributed by atoms with van der Waals surface area (Å²) in [7, 11) is 0. The van der Waals surface area contributed by atoms with Crippen molar-refractivity contribution in [1.29, 1.82) is 0 Å². The van der Waals surface area contributed by atoms with E-state index in [0.29, 0.717) is 0 Å². The van der Waals surface area contributed by atoms with Gasteiger partial charge in [-0.2, -0.15) is 13.2 Å². The SMILES string of the molecule is O=C(O)C(Br)CCC(F)(F)F. The Morgan fingerprint density at radius 2 is 2.00 bits per heavy atom. The monoisotopic (exact) mass is 234 g/mol. The van der Waals surface area contributed by atoms with Crippen LogP contribution in [-0.4, -0.2) is 22.1 Å². The molecule has 0 spiro atoms. The van der Waals surface area contributed by atoms with E-state index < -0.39 is 29.8 Å². The molecule has 1 atom stereocenters. The van der Waals surface area contributed by atoms with E-state index in [9.17, 15) is 18.0 Å². The van der Waals surface area contributed by atoms with Crippen molar-refractivity contribution < 1.29 is 23.1 Å². The lowest BCUT2D eigenvalue weighted by atomic mass is 10.2. The van der Waals surface area contributed by atoms with Crippen LogP contribution in [0.15, 0.2) is 0 Å². The molecule has 0 aromatic carbocycles. The highest BCUT2D eigenvalue weighted by atomic mass is 79.9.